The van der Waals surface area contributed by atoms with Crippen LogP contribution in [0.5, 0.6) is 0 Å². The van der Waals surface area contributed by atoms with E-state index in [1.165, 1.54) is 35.2 Å². The number of unbranched alkanes of at least 4 members (excludes halogenated alkanes) is 4. The van der Waals surface area contributed by atoms with E-state index in [1.54, 1.807) is 0 Å². The van der Waals surface area contributed by atoms with Gasteiger partial charge in [0.1, 0.15) is 0 Å². The van der Waals surface area contributed by atoms with Crippen molar-refractivity contribution in [3.05, 3.63) is 127 Å². The molecule has 0 fully saturated rings. The Morgan fingerprint density at radius 3 is 1.68 bits per heavy atom. The van der Waals surface area contributed by atoms with Crippen molar-refractivity contribution in [1.82, 2.24) is 4.98 Å². The molecule has 0 amide bonds. The van der Waals surface area contributed by atoms with Crippen LogP contribution in [-0.2, 0) is 0 Å². The van der Waals surface area contributed by atoms with E-state index < -0.39 is 6.89 Å². The predicted octanol–water partition coefficient (Wildman–Crippen LogP) is 7.88. The molecule has 1 aromatic heterocycles. The summed E-state index contributed by atoms with van der Waals surface area (Å²) in [7, 11) is 0. The number of hydrogen-bond donors (Lipinski definition) is 1. The van der Waals surface area contributed by atoms with Gasteiger partial charge in [-0.1, -0.05) is 142 Å². The van der Waals surface area contributed by atoms with E-state index in [-0.39, 0.29) is 5.78 Å². The van der Waals surface area contributed by atoms with Crippen LogP contribution in [0.15, 0.2) is 121 Å². The molecule has 0 saturated heterocycles. The maximum atomic E-state index is 14.9. The van der Waals surface area contributed by atoms with E-state index >= 15 is 0 Å². The van der Waals surface area contributed by atoms with Gasteiger partial charge in [-0.25, -0.2) is 0 Å². The van der Waals surface area contributed by atoms with E-state index in [9.17, 15) is 4.79 Å². The maximum Gasteiger partial charge on any atom is 0.192 e. The Labute approximate surface area is 226 Å². The zero-order chi connectivity index (χ0) is 26.2. The van der Waals surface area contributed by atoms with Gasteiger partial charge in [0.15, 0.2) is 5.78 Å². The highest BCUT2D eigenvalue weighted by Crippen LogP contribution is 2.48. The number of rotatable bonds is 11. The molecule has 4 aromatic carbocycles. The van der Waals surface area contributed by atoms with Crippen molar-refractivity contribution < 1.29 is 4.79 Å². The van der Waals surface area contributed by atoms with E-state index in [2.05, 4.69) is 109 Å². The Kier molecular flexibility index (Phi) is 8.41. The third-order valence-corrected chi connectivity index (χ3v) is 11.9. The summed E-state index contributed by atoms with van der Waals surface area (Å²) >= 11 is 0. The van der Waals surface area contributed by atoms with Gasteiger partial charge in [-0.2, -0.15) is 0 Å². The number of nitrogens with one attached hydrogen (secondary N) is 1. The predicted molar refractivity (Wildman–Crippen MR) is 166 cm³/mol. The Morgan fingerprint density at radius 2 is 1.13 bits per heavy atom. The number of fused-ring (bicyclic) bond motifs is 1. The Morgan fingerprint density at radius 1 is 0.632 bits per heavy atom. The average molecular weight is 518 g/mol. The summed E-state index contributed by atoms with van der Waals surface area (Å²) in [6.07, 6.45) is 8.50. The lowest BCUT2D eigenvalue weighted by atomic mass is 10.0. The first-order chi connectivity index (χ1) is 18.8. The van der Waals surface area contributed by atoms with E-state index in [4.69, 9.17) is 0 Å². The largest absolute Gasteiger partial charge is 0.360 e. The highest BCUT2D eigenvalue weighted by molar-refractivity contribution is 7.96. The van der Waals surface area contributed by atoms with E-state index in [1.807, 2.05) is 24.4 Å². The number of aromatic amines is 1. The van der Waals surface area contributed by atoms with Crippen molar-refractivity contribution in [1.29, 1.82) is 0 Å². The third-order valence-electron chi connectivity index (χ3n) is 7.45. The molecule has 3 heteroatoms. The minimum atomic E-state index is -2.44. The van der Waals surface area contributed by atoms with Gasteiger partial charge in [0.25, 0.3) is 0 Å². The topological polar surface area (TPSA) is 32.9 Å². The minimum Gasteiger partial charge on any atom is -0.360 e. The Bertz CT molecular complexity index is 1430. The number of carbonyl (C=O) groups is 1. The zero-order valence-electron chi connectivity index (χ0n) is 22.1. The zero-order valence-corrected chi connectivity index (χ0v) is 23.0. The summed E-state index contributed by atoms with van der Waals surface area (Å²) < 4.78 is 0. The molecular weight excluding hydrogens is 481 g/mol. The van der Waals surface area contributed by atoms with Crippen LogP contribution in [0.4, 0.5) is 0 Å². The number of H-pyrrole nitrogens is 1. The molecule has 38 heavy (non-hydrogen) atoms. The molecule has 1 N–H and O–H groups in total. The fourth-order valence-corrected chi connectivity index (χ4v) is 10.2. The Balaban J connectivity index is 1.85. The van der Waals surface area contributed by atoms with E-state index in [0.717, 1.165) is 41.0 Å². The molecule has 1 heterocycles. The summed E-state index contributed by atoms with van der Waals surface area (Å²) in [5, 5.41) is 5.73. The lowest BCUT2D eigenvalue weighted by Gasteiger charge is -2.32. The third kappa shape index (κ3) is 5.06. The molecule has 0 atom stereocenters. The molecular formula is C35H36NOP. The highest BCUT2D eigenvalue weighted by atomic mass is 31.2. The van der Waals surface area contributed by atoms with Crippen LogP contribution in [0.2, 0.25) is 0 Å². The van der Waals surface area contributed by atoms with Crippen molar-refractivity contribution in [2.75, 3.05) is 0 Å². The molecule has 0 radical (unpaired) electrons. The monoisotopic (exact) mass is 517 g/mol. The molecule has 0 bridgehead atoms. The van der Waals surface area contributed by atoms with Crippen molar-refractivity contribution >= 4 is 44.8 Å². The number of benzene rings is 4. The van der Waals surface area contributed by atoms with Gasteiger partial charge in [0.05, 0.1) is 0 Å². The lowest BCUT2D eigenvalue weighted by molar-refractivity contribution is 0.106. The van der Waals surface area contributed by atoms with Crippen molar-refractivity contribution in [2.24, 2.45) is 0 Å². The molecule has 0 aliphatic carbocycles. The number of carbonyl (C=O) groups excluding carboxylic acids is 1. The second-order valence-corrected chi connectivity index (χ2v) is 13.3. The van der Waals surface area contributed by atoms with Gasteiger partial charge in [-0.05, 0) is 41.7 Å². The number of hydrogen-bond acceptors (Lipinski definition) is 1. The smallest absolute Gasteiger partial charge is 0.192 e. The molecule has 0 unspecified atom stereocenters. The first-order valence-corrected chi connectivity index (χ1v) is 15.6. The number of para-hydroxylation sites is 1. The van der Waals surface area contributed by atoms with Gasteiger partial charge < -0.3 is 4.98 Å². The van der Waals surface area contributed by atoms with Gasteiger partial charge >= 0.3 is 0 Å². The molecule has 192 valence electrons. The van der Waals surface area contributed by atoms with Crippen LogP contribution >= 0.6 is 6.89 Å². The van der Waals surface area contributed by atoms with Gasteiger partial charge in [-0.15, -0.1) is 0 Å². The quantitative estimate of drug-likeness (QED) is 0.108. The van der Waals surface area contributed by atoms with Crippen molar-refractivity contribution in [3.8, 4) is 0 Å². The molecule has 0 aliphatic heterocycles. The molecule has 2 nitrogen and oxygen atoms in total. The van der Waals surface area contributed by atoms with Crippen LogP contribution in [-0.4, -0.2) is 16.1 Å². The first-order valence-electron chi connectivity index (χ1n) is 13.8. The summed E-state index contributed by atoms with van der Waals surface area (Å²) in [5.41, 5.74) is 1.78. The number of Topliss-reactive ketones (excluding diaryl/α,β-unsaturated/α-hetero) is 1. The normalized spacial score (nSPS) is 11.5. The fourth-order valence-electron chi connectivity index (χ4n) is 5.61. The average Bonchev–Trinajstić information content (AvgIpc) is 3.42. The van der Waals surface area contributed by atoms with Crippen LogP contribution in [0, 0.1) is 0 Å². The first kappa shape index (κ1) is 26.0. The molecule has 5 rings (SSSR count). The molecule has 5 aromatic rings. The lowest BCUT2D eigenvalue weighted by Crippen LogP contribution is -2.33. The maximum absolute atomic E-state index is 14.9. The van der Waals surface area contributed by atoms with Crippen LogP contribution in [0.1, 0.15) is 55.8 Å². The molecule has 0 spiro atoms. The summed E-state index contributed by atoms with van der Waals surface area (Å²) in [6.45, 7) is -0.196. The second-order valence-electron chi connectivity index (χ2n) is 9.87. The van der Waals surface area contributed by atoms with Gasteiger partial charge in [0, 0.05) is 28.0 Å². The number of aromatic nitrogens is 1. The van der Waals surface area contributed by atoms with E-state index in [0.29, 0.717) is 0 Å². The minimum absolute atomic E-state index is 0.169. The van der Waals surface area contributed by atoms with Crippen LogP contribution < -0.4 is 15.9 Å². The fraction of sp³-hybridized carbons (Fsp3) is 0.200. The summed E-state index contributed by atoms with van der Waals surface area (Å²) in [4.78, 5) is 18.2. The van der Waals surface area contributed by atoms with Gasteiger partial charge in [0.2, 0.25) is 0 Å². The molecule has 0 aliphatic rings. The standard InChI is InChI=1S/C35H36NOP/c1-2-3-4-5-15-26-34(35(37)32-27-36-33-25-17-16-24-31(32)33)38(28-18-9-6-10-19-28,29-20-11-7-12-21-29)30-22-13-8-14-23-30/h6-14,16-25,27,36H,2-5,15,26H2,1H3. The van der Waals surface area contributed by atoms with Crippen molar-refractivity contribution in [3.63, 3.8) is 0 Å². The second kappa shape index (κ2) is 12.3. The number of ketones is 1. The van der Waals surface area contributed by atoms with Crippen LogP contribution in [0.3, 0.4) is 0 Å². The van der Waals surface area contributed by atoms with Crippen LogP contribution in [0.25, 0.3) is 10.9 Å². The summed E-state index contributed by atoms with van der Waals surface area (Å²) in [6, 6.07) is 40.4. The Hall–Kier alpha value is -3.61. The highest BCUT2D eigenvalue weighted by Gasteiger charge is 2.33. The molecule has 0 saturated carbocycles. The SMILES string of the molecule is CCCCCCCC(C(=O)c1c[nH]c2ccccc12)=P(c1ccccc1)(c1ccccc1)c1ccccc1. The van der Waals surface area contributed by atoms with Gasteiger partial charge in [-0.3, -0.25) is 4.79 Å². The summed E-state index contributed by atoms with van der Waals surface area (Å²) in [5.74, 6) is 0.169. The van der Waals surface area contributed by atoms with Crippen molar-refractivity contribution in [2.45, 2.75) is 45.4 Å².